The maximum Gasteiger partial charge on any atom is 0.325 e. The van der Waals surface area contributed by atoms with Gasteiger partial charge in [0.1, 0.15) is 12.4 Å². The van der Waals surface area contributed by atoms with Crippen molar-refractivity contribution in [1.82, 2.24) is 4.57 Å². The molecule has 2 aromatic carbocycles. The SMILES string of the molecule is COC(=O)Cn1c(=NC(=O)c2ccc(Cl)cc2)sc2cccc(F)c21. The topological polar surface area (TPSA) is 60.7 Å². The summed E-state index contributed by atoms with van der Waals surface area (Å²) in [6.45, 7) is -0.246. The first kappa shape index (κ1) is 17.3. The van der Waals surface area contributed by atoms with Crippen LogP contribution in [0.25, 0.3) is 10.2 Å². The number of esters is 1. The zero-order valence-corrected chi connectivity index (χ0v) is 14.6. The maximum absolute atomic E-state index is 14.2. The minimum atomic E-state index is -0.566. The zero-order valence-electron chi connectivity index (χ0n) is 13.0. The predicted molar refractivity (Wildman–Crippen MR) is 93.1 cm³/mol. The molecule has 0 saturated heterocycles. The molecule has 128 valence electrons. The number of para-hydroxylation sites is 1. The van der Waals surface area contributed by atoms with E-state index >= 15 is 0 Å². The molecule has 25 heavy (non-hydrogen) atoms. The molecule has 1 amide bonds. The number of hydrogen-bond acceptors (Lipinski definition) is 4. The molecule has 5 nitrogen and oxygen atoms in total. The van der Waals surface area contributed by atoms with E-state index in [0.717, 1.165) is 11.3 Å². The standard InChI is InChI=1S/C17H12ClFN2O3S/c1-24-14(22)9-21-15-12(19)3-2-4-13(15)25-17(21)20-16(23)10-5-7-11(18)8-6-10/h2-8H,9H2,1H3. The van der Waals surface area contributed by atoms with Crippen LogP contribution in [0.5, 0.6) is 0 Å². The number of hydrogen-bond donors (Lipinski definition) is 0. The van der Waals surface area contributed by atoms with Crippen LogP contribution in [0.2, 0.25) is 5.02 Å². The number of carbonyl (C=O) groups is 2. The Morgan fingerprint density at radius 3 is 2.64 bits per heavy atom. The Bertz CT molecular complexity index is 1020. The molecule has 0 N–H and O–H groups in total. The highest BCUT2D eigenvalue weighted by Gasteiger charge is 2.15. The summed E-state index contributed by atoms with van der Waals surface area (Å²) in [4.78, 5) is 28.3. The molecule has 3 aromatic rings. The zero-order chi connectivity index (χ0) is 18.0. The fourth-order valence-electron chi connectivity index (χ4n) is 2.26. The van der Waals surface area contributed by atoms with E-state index in [1.807, 2.05) is 0 Å². The number of rotatable bonds is 3. The van der Waals surface area contributed by atoms with Crippen LogP contribution in [0.3, 0.4) is 0 Å². The van der Waals surface area contributed by atoms with Crippen molar-refractivity contribution in [1.29, 1.82) is 0 Å². The number of carbonyl (C=O) groups excluding carboxylic acids is 2. The lowest BCUT2D eigenvalue weighted by atomic mass is 10.2. The van der Waals surface area contributed by atoms with Crippen molar-refractivity contribution in [3.8, 4) is 0 Å². The Morgan fingerprint density at radius 2 is 1.96 bits per heavy atom. The molecular weight excluding hydrogens is 367 g/mol. The van der Waals surface area contributed by atoms with Gasteiger partial charge in [0.2, 0.25) is 0 Å². The fourth-order valence-corrected chi connectivity index (χ4v) is 3.42. The molecule has 0 bridgehead atoms. The van der Waals surface area contributed by atoms with E-state index in [-0.39, 0.29) is 16.9 Å². The summed E-state index contributed by atoms with van der Waals surface area (Å²) in [7, 11) is 1.24. The second kappa shape index (κ2) is 7.16. The van der Waals surface area contributed by atoms with E-state index in [1.165, 1.54) is 17.7 Å². The molecule has 0 spiro atoms. The summed E-state index contributed by atoms with van der Waals surface area (Å²) in [5.74, 6) is -1.58. The fraction of sp³-hybridized carbons (Fsp3) is 0.118. The summed E-state index contributed by atoms with van der Waals surface area (Å²) in [6, 6.07) is 10.8. The average molecular weight is 379 g/mol. The molecule has 1 aromatic heterocycles. The molecule has 0 unspecified atom stereocenters. The normalized spacial score (nSPS) is 11.7. The Balaban J connectivity index is 2.15. The van der Waals surface area contributed by atoms with Crippen LogP contribution in [0, 0.1) is 5.82 Å². The Kier molecular flexibility index (Phi) is 4.96. The number of aromatic nitrogens is 1. The predicted octanol–water partition coefficient (Wildman–Crippen LogP) is 3.41. The van der Waals surface area contributed by atoms with Gasteiger partial charge in [-0.1, -0.05) is 29.0 Å². The van der Waals surface area contributed by atoms with Crippen LogP contribution < -0.4 is 4.80 Å². The van der Waals surface area contributed by atoms with E-state index in [9.17, 15) is 14.0 Å². The van der Waals surface area contributed by atoms with Gasteiger partial charge in [-0.3, -0.25) is 9.59 Å². The molecule has 0 atom stereocenters. The third-order valence-electron chi connectivity index (χ3n) is 3.46. The Morgan fingerprint density at radius 1 is 1.24 bits per heavy atom. The molecule has 0 saturated carbocycles. The van der Waals surface area contributed by atoms with Crippen LogP contribution in [-0.4, -0.2) is 23.6 Å². The lowest BCUT2D eigenvalue weighted by Crippen LogP contribution is -2.22. The average Bonchev–Trinajstić information content (AvgIpc) is 2.93. The molecule has 3 rings (SSSR count). The number of thiazole rings is 1. The molecule has 0 fully saturated rings. The van der Waals surface area contributed by atoms with Gasteiger partial charge in [0, 0.05) is 10.6 Å². The summed E-state index contributed by atoms with van der Waals surface area (Å²) in [6.07, 6.45) is 0. The van der Waals surface area contributed by atoms with E-state index in [4.69, 9.17) is 11.6 Å². The van der Waals surface area contributed by atoms with Crippen molar-refractivity contribution in [2.75, 3.05) is 7.11 Å². The van der Waals surface area contributed by atoms with Gasteiger partial charge in [0.05, 0.1) is 17.3 Å². The van der Waals surface area contributed by atoms with E-state index in [0.29, 0.717) is 15.3 Å². The molecule has 0 aliphatic carbocycles. The number of halogens is 2. The van der Waals surface area contributed by atoms with Crippen molar-refractivity contribution in [2.45, 2.75) is 6.54 Å². The number of methoxy groups -OCH3 is 1. The summed E-state index contributed by atoms with van der Waals surface area (Å²) >= 11 is 6.93. The number of nitrogens with zero attached hydrogens (tertiary/aromatic N) is 2. The van der Waals surface area contributed by atoms with Crippen molar-refractivity contribution < 1.29 is 18.7 Å². The summed E-state index contributed by atoms with van der Waals surface area (Å²) in [5.41, 5.74) is 0.549. The third kappa shape index (κ3) is 3.62. The van der Waals surface area contributed by atoms with Crippen LogP contribution in [0.1, 0.15) is 10.4 Å². The lowest BCUT2D eigenvalue weighted by molar-refractivity contribution is -0.141. The first-order valence-electron chi connectivity index (χ1n) is 7.19. The molecule has 0 radical (unpaired) electrons. The maximum atomic E-state index is 14.2. The second-order valence-corrected chi connectivity index (χ2v) is 6.50. The molecule has 8 heteroatoms. The lowest BCUT2D eigenvalue weighted by Gasteiger charge is -2.04. The Labute approximate surface area is 151 Å². The second-order valence-electron chi connectivity index (χ2n) is 5.06. The van der Waals surface area contributed by atoms with Gasteiger partial charge >= 0.3 is 5.97 Å². The first-order valence-corrected chi connectivity index (χ1v) is 8.38. The Hall–Kier alpha value is -2.51. The largest absolute Gasteiger partial charge is 0.468 e. The van der Waals surface area contributed by atoms with Gasteiger partial charge in [-0.25, -0.2) is 4.39 Å². The summed E-state index contributed by atoms with van der Waals surface area (Å²) in [5, 5.41) is 0.501. The number of amides is 1. The smallest absolute Gasteiger partial charge is 0.325 e. The van der Waals surface area contributed by atoms with Gasteiger partial charge in [-0.2, -0.15) is 4.99 Å². The molecular formula is C17H12ClFN2O3S. The van der Waals surface area contributed by atoms with Gasteiger partial charge in [-0.15, -0.1) is 0 Å². The number of fused-ring (bicyclic) bond motifs is 1. The van der Waals surface area contributed by atoms with Crippen LogP contribution >= 0.6 is 22.9 Å². The molecule has 1 heterocycles. The van der Waals surface area contributed by atoms with Crippen LogP contribution in [-0.2, 0) is 16.1 Å². The van der Waals surface area contributed by atoms with Crippen molar-refractivity contribution in [3.05, 3.63) is 63.7 Å². The number of benzene rings is 2. The monoisotopic (exact) mass is 378 g/mol. The highest BCUT2D eigenvalue weighted by Crippen LogP contribution is 2.20. The minimum Gasteiger partial charge on any atom is -0.468 e. The highest BCUT2D eigenvalue weighted by atomic mass is 35.5. The van der Waals surface area contributed by atoms with Crippen LogP contribution in [0.15, 0.2) is 47.5 Å². The van der Waals surface area contributed by atoms with E-state index < -0.39 is 17.7 Å². The highest BCUT2D eigenvalue weighted by molar-refractivity contribution is 7.16. The van der Waals surface area contributed by atoms with Gasteiger partial charge in [0.25, 0.3) is 5.91 Å². The third-order valence-corrected chi connectivity index (χ3v) is 4.75. The minimum absolute atomic E-state index is 0.209. The first-order chi connectivity index (χ1) is 12.0. The molecule has 0 aliphatic heterocycles. The summed E-state index contributed by atoms with van der Waals surface area (Å²) < 4.78 is 20.8. The van der Waals surface area contributed by atoms with Crippen molar-refractivity contribution in [2.24, 2.45) is 4.99 Å². The van der Waals surface area contributed by atoms with Gasteiger partial charge in [0.15, 0.2) is 4.80 Å². The van der Waals surface area contributed by atoms with Crippen molar-refractivity contribution in [3.63, 3.8) is 0 Å². The van der Waals surface area contributed by atoms with Crippen LogP contribution in [0.4, 0.5) is 4.39 Å². The van der Waals surface area contributed by atoms with Crippen molar-refractivity contribution >= 4 is 45.0 Å². The quantitative estimate of drug-likeness (QED) is 0.656. The van der Waals surface area contributed by atoms with Gasteiger partial charge < -0.3 is 9.30 Å². The van der Waals surface area contributed by atoms with Gasteiger partial charge in [-0.05, 0) is 36.4 Å². The molecule has 0 aliphatic rings. The number of ether oxygens (including phenoxy) is 1. The van der Waals surface area contributed by atoms with E-state index in [1.54, 1.807) is 36.4 Å². The van der Waals surface area contributed by atoms with E-state index in [2.05, 4.69) is 9.73 Å².